The minimum Gasteiger partial charge on any atom is -0.340 e. The van der Waals surface area contributed by atoms with Crippen molar-refractivity contribution in [2.75, 3.05) is 26.2 Å². The lowest BCUT2D eigenvalue weighted by molar-refractivity contribution is -0.133. The zero-order valence-electron chi connectivity index (χ0n) is 13.4. The van der Waals surface area contributed by atoms with Gasteiger partial charge in [0, 0.05) is 51.9 Å². The fourth-order valence-corrected chi connectivity index (χ4v) is 3.16. The number of nitrogens with zero attached hydrogens (tertiary/aromatic N) is 4. The minimum absolute atomic E-state index is 0.169. The van der Waals surface area contributed by atoms with Crippen LogP contribution in [0.15, 0.2) is 41.1 Å². The summed E-state index contributed by atoms with van der Waals surface area (Å²) in [6.07, 6.45) is 4.05. The third kappa shape index (κ3) is 4.64. The van der Waals surface area contributed by atoms with Gasteiger partial charge < -0.3 is 4.90 Å². The van der Waals surface area contributed by atoms with Gasteiger partial charge in [-0.3, -0.25) is 14.4 Å². The summed E-state index contributed by atoms with van der Waals surface area (Å²) in [6.45, 7) is 4.56. The summed E-state index contributed by atoms with van der Waals surface area (Å²) in [5.41, 5.74) is 1.10. The molecule has 1 fully saturated rings. The SMILES string of the molecule is O=C(CCn1cc(Br)cn1)N1CCN(Cc2ccc(F)cc2)CC1. The van der Waals surface area contributed by atoms with Gasteiger partial charge in [0.1, 0.15) is 5.82 Å². The Labute approximate surface area is 149 Å². The van der Waals surface area contributed by atoms with Crippen LogP contribution in [0.1, 0.15) is 12.0 Å². The van der Waals surface area contributed by atoms with Gasteiger partial charge in [-0.15, -0.1) is 0 Å². The van der Waals surface area contributed by atoms with E-state index in [0.29, 0.717) is 13.0 Å². The maximum absolute atomic E-state index is 12.9. The smallest absolute Gasteiger partial charge is 0.224 e. The number of rotatable bonds is 5. The lowest BCUT2D eigenvalue weighted by atomic mass is 10.2. The highest BCUT2D eigenvalue weighted by atomic mass is 79.9. The summed E-state index contributed by atoms with van der Waals surface area (Å²) in [4.78, 5) is 16.5. The second-order valence-electron chi connectivity index (χ2n) is 5.96. The van der Waals surface area contributed by atoms with Gasteiger partial charge >= 0.3 is 0 Å². The molecule has 2 heterocycles. The maximum Gasteiger partial charge on any atom is 0.224 e. The summed E-state index contributed by atoms with van der Waals surface area (Å²) in [5, 5.41) is 4.16. The Hall–Kier alpha value is -1.73. The fraction of sp³-hybridized carbons (Fsp3) is 0.412. The van der Waals surface area contributed by atoms with Crippen molar-refractivity contribution in [1.29, 1.82) is 0 Å². The number of hydrogen-bond acceptors (Lipinski definition) is 3. The molecule has 0 radical (unpaired) electrons. The van der Waals surface area contributed by atoms with Crippen molar-refractivity contribution < 1.29 is 9.18 Å². The van der Waals surface area contributed by atoms with Crippen LogP contribution in [-0.2, 0) is 17.9 Å². The monoisotopic (exact) mass is 394 g/mol. The van der Waals surface area contributed by atoms with Crippen molar-refractivity contribution in [3.05, 3.63) is 52.5 Å². The number of halogens is 2. The molecular weight excluding hydrogens is 375 g/mol. The van der Waals surface area contributed by atoms with Crippen LogP contribution < -0.4 is 0 Å². The van der Waals surface area contributed by atoms with E-state index >= 15 is 0 Å². The first-order valence-corrected chi connectivity index (χ1v) is 8.82. The van der Waals surface area contributed by atoms with E-state index in [1.54, 1.807) is 10.9 Å². The Balaban J connectivity index is 1.42. The molecule has 7 heteroatoms. The number of aromatic nitrogens is 2. The lowest BCUT2D eigenvalue weighted by Crippen LogP contribution is -2.48. The molecule has 5 nitrogen and oxygen atoms in total. The van der Waals surface area contributed by atoms with Crippen LogP contribution in [0.25, 0.3) is 0 Å². The number of carbonyl (C=O) groups excluding carboxylic acids is 1. The molecule has 2 aromatic rings. The predicted octanol–water partition coefficient (Wildman–Crippen LogP) is 2.52. The summed E-state index contributed by atoms with van der Waals surface area (Å²) in [7, 11) is 0. The molecule has 1 aromatic carbocycles. The number of carbonyl (C=O) groups is 1. The van der Waals surface area contributed by atoms with Crippen molar-refractivity contribution in [2.45, 2.75) is 19.5 Å². The van der Waals surface area contributed by atoms with Crippen LogP contribution in [0.5, 0.6) is 0 Å². The van der Waals surface area contributed by atoms with Crippen LogP contribution >= 0.6 is 15.9 Å². The van der Waals surface area contributed by atoms with E-state index in [2.05, 4.69) is 25.9 Å². The average molecular weight is 395 g/mol. The van der Waals surface area contributed by atoms with Gasteiger partial charge in [0.05, 0.1) is 10.7 Å². The third-order valence-corrected chi connectivity index (χ3v) is 4.61. The summed E-state index contributed by atoms with van der Waals surface area (Å²) in [5.74, 6) is -0.0403. The average Bonchev–Trinajstić information content (AvgIpc) is 3.01. The molecule has 1 aliphatic rings. The number of hydrogen-bond donors (Lipinski definition) is 0. The molecule has 1 aromatic heterocycles. The van der Waals surface area contributed by atoms with Gasteiger partial charge in [-0.25, -0.2) is 4.39 Å². The molecule has 0 bridgehead atoms. The molecule has 1 saturated heterocycles. The van der Waals surface area contributed by atoms with Crippen LogP contribution in [0.3, 0.4) is 0 Å². The number of benzene rings is 1. The molecular formula is C17H20BrFN4O. The van der Waals surface area contributed by atoms with Gasteiger partial charge in [-0.2, -0.15) is 5.10 Å². The summed E-state index contributed by atoms with van der Waals surface area (Å²) >= 11 is 3.35. The molecule has 0 spiro atoms. The molecule has 128 valence electrons. The van der Waals surface area contributed by atoms with Crippen LogP contribution in [0, 0.1) is 5.82 Å². The van der Waals surface area contributed by atoms with Crippen molar-refractivity contribution in [3.8, 4) is 0 Å². The van der Waals surface area contributed by atoms with Gasteiger partial charge in [-0.05, 0) is 33.6 Å². The molecule has 0 aliphatic carbocycles. The normalized spacial score (nSPS) is 15.7. The third-order valence-electron chi connectivity index (χ3n) is 4.20. The van der Waals surface area contributed by atoms with E-state index < -0.39 is 0 Å². The molecule has 0 N–H and O–H groups in total. The van der Waals surface area contributed by atoms with E-state index in [9.17, 15) is 9.18 Å². The minimum atomic E-state index is -0.210. The van der Waals surface area contributed by atoms with Crippen molar-refractivity contribution in [2.24, 2.45) is 0 Å². The molecule has 1 amide bonds. The zero-order valence-corrected chi connectivity index (χ0v) is 15.0. The predicted molar refractivity (Wildman–Crippen MR) is 92.8 cm³/mol. The molecule has 0 atom stereocenters. The zero-order chi connectivity index (χ0) is 16.9. The Morgan fingerprint density at radius 1 is 1.17 bits per heavy atom. The van der Waals surface area contributed by atoms with Crippen LogP contribution in [0.2, 0.25) is 0 Å². The Bertz CT molecular complexity index is 680. The number of aryl methyl sites for hydroxylation is 1. The van der Waals surface area contributed by atoms with E-state index in [4.69, 9.17) is 0 Å². The Morgan fingerprint density at radius 2 is 1.88 bits per heavy atom. The first-order valence-electron chi connectivity index (χ1n) is 8.03. The van der Waals surface area contributed by atoms with Crippen LogP contribution in [0.4, 0.5) is 4.39 Å². The fourth-order valence-electron chi connectivity index (χ4n) is 2.83. The molecule has 0 unspecified atom stereocenters. The van der Waals surface area contributed by atoms with Gasteiger partial charge in [0.2, 0.25) is 5.91 Å². The summed E-state index contributed by atoms with van der Waals surface area (Å²) in [6, 6.07) is 6.61. The van der Waals surface area contributed by atoms with Crippen LogP contribution in [-0.4, -0.2) is 51.7 Å². The largest absolute Gasteiger partial charge is 0.340 e. The molecule has 3 rings (SSSR count). The van der Waals surface area contributed by atoms with Crippen molar-refractivity contribution in [1.82, 2.24) is 19.6 Å². The topological polar surface area (TPSA) is 41.4 Å². The number of amides is 1. The second-order valence-corrected chi connectivity index (χ2v) is 6.87. The Morgan fingerprint density at radius 3 is 2.50 bits per heavy atom. The van der Waals surface area contributed by atoms with E-state index in [0.717, 1.165) is 42.8 Å². The lowest BCUT2D eigenvalue weighted by Gasteiger charge is -2.34. The highest BCUT2D eigenvalue weighted by molar-refractivity contribution is 9.10. The van der Waals surface area contributed by atoms with E-state index in [1.807, 2.05) is 23.2 Å². The summed E-state index contributed by atoms with van der Waals surface area (Å²) < 4.78 is 15.6. The van der Waals surface area contributed by atoms with E-state index in [-0.39, 0.29) is 11.7 Å². The molecule has 0 saturated carbocycles. The maximum atomic E-state index is 12.9. The van der Waals surface area contributed by atoms with Gasteiger partial charge in [0.15, 0.2) is 0 Å². The molecule has 1 aliphatic heterocycles. The van der Waals surface area contributed by atoms with Crippen molar-refractivity contribution >= 4 is 21.8 Å². The number of piperazine rings is 1. The first kappa shape index (κ1) is 17.1. The standard InChI is InChI=1S/C17H20BrFN4O/c18-15-11-20-23(13-15)6-5-17(24)22-9-7-21(8-10-22)12-14-1-3-16(19)4-2-14/h1-4,11,13H,5-10,12H2. The Kier molecular flexibility index (Phi) is 5.63. The highest BCUT2D eigenvalue weighted by Crippen LogP contribution is 2.11. The first-order chi connectivity index (χ1) is 11.6. The van der Waals surface area contributed by atoms with Gasteiger partial charge in [-0.1, -0.05) is 12.1 Å². The van der Waals surface area contributed by atoms with Crippen molar-refractivity contribution in [3.63, 3.8) is 0 Å². The highest BCUT2D eigenvalue weighted by Gasteiger charge is 2.20. The molecule has 24 heavy (non-hydrogen) atoms. The quantitative estimate of drug-likeness (QED) is 0.782. The van der Waals surface area contributed by atoms with Gasteiger partial charge in [0.25, 0.3) is 0 Å². The van der Waals surface area contributed by atoms with E-state index in [1.165, 1.54) is 12.1 Å². The second kappa shape index (κ2) is 7.90.